The summed E-state index contributed by atoms with van der Waals surface area (Å²) in [5.74, 6) is -0.383. The van der Waals surface area contributed by atoms with Crippen molar-refractivity contribution in [2.24, 2.45) is 11.3 Å². The predicted molar refractivity (Wildman–Crippen MR) is 78.0 cm³/mol. The summed E-state index contributed by atoms with van der Waals surface area (Å²) >= 11 is 0. The maximum atomic E-state index is 12.1. The van der Waals surface area contributed by atoms with Crippen LogP contribution in [0.2, 0.25) is 0 Å². The molecule has 0 aromatic carbocycles. The van der Waals surface area contributed by atoms with Gasteiger partial charge in [-0.3, -0.25) is 9.48 Å². The maximum absolute atomic E-state index is 12.1. The lowest BCUT2D eigenvalue weighted by atomic mass is 9.90. The molecule has 7 heteroatoms. The van der Waals surface area contributed by atoms with Crippen LogP contribution in [0.15, 0.2) is 12.4 Å². The smallest absolute Gasteiger partial charge is 0.321 e. The summed E-state index contributed by atoms with van der Waals surface area (Å²) in [6, 6.07) is -0.274. The van der Waals surface area contributed by atoms with E-state index >= 15 is 0 Å². The molecule has 1 aliphatic heterocycles. The monoisotopic (exact) mass is 294 g/mol. The minimum Gasteiger partial charge on any atom is -0.481 e. The average Bonchev–Trinajstić information content (AvgIpc) is 2.96. The van der Waals surface area contributed by atoms with Crippen molar-refractivity contribution in [3.8, 4) is 0 Å². The molecule has 1 atom stereocenters. The molecule has 0 bridgehead atoms. The van der Waals surface area contributed by atoms with E-state index in [-0.39, 0.29) is 12.6 Å². The van der Waals surface area contributed by atoms with E-state index in [4.69, 9.17) is 0 Å². The molecule has 1 aromatic heterocycles. The van der Waals surface area contributed by atoms with E-state index in [1.165, 1.54) is 4.90 Å². The zero-order valence-corrected chi connectivity index (χ0v) is 12.7. The lowest BCUT2D eigenvalue weighted by molar-refractivity contribution is -0.146. The van der Waals surface area contributed by atoms with Crippen molar-refractivity contribution in [3.63, 3.8) is 0 Å². The zero-order valence-electron chi connectivity index (χ0n) is 12.7. The topological polar surface area (TPSA) is 87.5 Å². The molecule has 0 spiro atoms. The summed E-state index contributed by atoms with van der Waals surface area (Å²) in [5.41, 5.74) is -0.219. The normalized spacial score (nSPS) is 21.8. The third-order valence-corrected chi connectivity index (χ3v) is 3.71. The maximum Gasteiger partial charge on any atom is 0.321 e. The number of anilines is 1. The number of likely N-dealkylation sites (tertiary alicyclic amines) is 1. The van der Waals surface area contributed by atoms with Crippen LogP contribution in [0.4, 0.5) is 10.5 Å². The number of urea groups is 1. The average molecular weight is 294 g/mol. The van der Waals surface area contributed by atoms with Gasteiger partial charge < -0.3 is 15.3 Å². The number of nitrogens with one attached hydrogen (secondary N) is 1. The Morgan fingerprint density at radius 2 is 2.24 bits per heavy atom. The second-order valence-electron chi connectivity index (χ2n) is 6.31. The molecule has 1 saturated heterocycles. The fourth-order valence-corrected chi connectivity index (χ4v) is 2.41. The van der Waals surface area contributed by atoms with Crippen LogP contribution in [-0.2, 0) is 11.3 Å². The predicted octanol–water partition coefficient (Wildman–Crippen LogP) is 1.87. The molecule has 2 rings (SSSR count). The van der Waals surface area contributed by atoms with Crippen LogP contribution in [0.1, 0.15) is 27.2 Å². The molecule has 1 aromatic rings. The molecule has 21 heavy (non-hydrogen) atoms. The van der Waals surface area contributed by atoms with Crippen molar-refractivity contribution in [3.05, 3.63) is 12.4 Å². The van der Waals surface area contributed by atoms with Crippen molar-refractivity contribution < 1.29 is 14.7 Å². The van der Waals surface area contributed by atoms with Gasteiger partial charge in [0.25, 0.3) is 0 Å². The molecule has 7 nitrogen and oxygen atoms in total. The minimum atomic E-state index is -0.859. The third-order valence-electron chi connectivity index (χ3n) is 3.71. The first-order valence-electron chi connectivity index (χ1n) is 7.12. The van der Waals surface area contributed by atoms with Gasteiger partial charge >= 0.3 is 12.0 Å². The Labute approximate surface area is 123 Å². The Morgan fingerprint density at radius 1 is 1.52 bits per heavy atom. The number of carbonyl (C=O) groups excluding carboxylic acids is 1. The van der Waals surface area contributed by atoms with Crippen LogP contribution in [-0.4, -0.2) is 44.9 Å². The first-order valence-corrected chi connectivity index (χ1v) is 7.12. The number of carboxylic acid groups (broad SMARTS) is 1. The number of hydrogen-bond acceptors (Lipinski definition) is 3. The van der Waals surface area contributed by atoms with Gasteiger partial charge in [0.1, 0.15) is 0 Å². The highest BCUT2D eigenvalue weighted by atomic mass is 16.4. The van der Waals surface area contributed by atoms with Gasteiger partial charge in [-0.2, -0.15) is 5.10 Å². The van der Waals surface area contributed by atoms with E-state index in [0.29, 0.717) is 24.6 Å². The molecule has 1 aliphatic rings. The summed E-state index contributed by atoms with van der Waals surface area (Å²) in [6.45, 7) is 7.33. The third kappa shape index (κ3) is 3.53. The Bertz CT molecular complexity index is 540. The van der Waals surface area contributed by atoms with E-state index in [1.54, 1.807) is 24.0 Å². The van der Waals surface area contributed by atoms with Gasteiger partial charge in [-0.1, -0.05) is 13.8 Å². The summed E-state index contributed by atoms with van der Waals surface area (Å²) in [6.07, 6.45) is 3.86. The summed E-state index contributed by atoms with van der Waals surface area (Å²) < 4.78 is 1.78. The van der Waals surface area contributed by atoms with Crippen LogP contribution < -0.4 is 5.32 Å². The SMILES string of the molecule is CC(C)Cn1cc(NC(=O)N2CCC(C)(C(=O)O)C2)cn1. The van der Waals surface area contributed by atoms with Gasteiger partial charge in [0.2, 0.25) is 0 Å². The molecule has 1 fully saturated rings. The van der Waals surface area contributed by atoms with E-state index in [0.717, 1.165) is 6.54 Å². The van der Waals surface area contributed by atoms with E-state index in [1.807, 2.05) is 0 Å². The fourth-order valence-electron chi connectivity index (χ4n) is 2.41. The van der Waals surface area contributed by atoms with Crippen LogP contribution in [0.3, 0.4) is 0 Å². The largest absolute Gasteiger partial charge is 0.481 e. The Balaban J connectivity index is 1.93. The van der Waals surface area contributed by atoms with E-state index in [2.05, 4.69) is 24.3 Å². The van der Waals surface area contributed by atoms with E-state index in [9.17, 15) is 14.7 Å². The van der Waals surface area contributed by atoms with Crippen molar-refractivity contribution in [1.82, 2.24) is 14.7 Å². The number of rotatable bonds is 4. The van der Waals surface area contributed by atoms with Gasteiger partial charge in [0.15, 0.2) is 0 Å². The number of nitrogens with zero attached hydrogens (tertiary/aromatic N) is 3. The molecule has 2 amide bonds. The van der Waals surface area contributed by atoms with Crippen molar-refractivity contribution >= 4 is 17.7 Å². The Hall–Kier alpha value is -2.05. The van der Waals surface area contributed by atoms with Crippen molar-refractivity contribution in [2.75, 3.05) is 18.4 Å². The number of aliphatic carboxylic acids is 1. The van der Waals surface area contributed by atoms with Crippen molar-refractivity contribution in [1.29, 1.82) is 0 Å². The number of carbonyl (C=O) groups is 2. The van der Waals surface area contributed by atoms with Gasteiger partial charge in [-0.05, 0) is 19.3 Å². The lowest BCUT2D eigenvalue weighted by Crippen LogP contribution is -2.37. The Kier molecular flexibility index (Phi) is 4.20. The van der Waals surface area contributed by atoms with Gasteiger partial charge in [0, 0.05) is 25.8 Å². The van der Waals surface area contributed by atoms with Crippen LogP contribution in [0, 0.1) is 11.3 Å². The number of aromatic nitrogens is 2. The summed E-state index contributed by atoms with van der Waals surface area (Å²) in [5, 5.41) is 16.1. The fraction of sp³-hybridized carbons (Fsp3) is 0.643. The number of hydrogen-bond donors (Lipinski definition) is 2. The van der Waals surface area contributed by atoms with Gasteiger partial charge in [0.05, 0.1) is 17.3 Å². The summed E-state index contributed by atoms with van der Waals surface area (Å²) in [7, 11) is 0. The molecule has 0 radical (unpaired) electrons. The molecular weight excluding hydrogens is 272 g/mol. The second kappa shape index (κ2) is 5.75. The molecule has 1 unspecified atom stereocenters. The van der Waals surface area contributed by atoms with Gasteiger partial charge in [-0.25, -0.2) is 4.79 Å². The van der Waals surface area contributed by atoms with Crippen LogP contribution in [0.5, 0.6) is 0 Å². The number of carboxylic acids is 1. The standard InChI is InChI=1S/C14H22N4O3/c1-10(2)7-18-8-11(6-15-18)16-13(21)17-5-4-14(3,9-17)12(19)20/h6,8,10H,4-5,7,9H2,1-3H3,(H,16,21)(H,19,20). The quantitative estimate of drug-likeness (QED) is 0.887. The highest BCUT2D eigenvalue weighted by Crippen LogP contribution is 2.30. The molecule has 0 saturated carbocycles. The second-order valence-corrected chi connectivity index (χ2v) is 6.31. The Morgan fingerprint density at radius 3 is 2.81 bits per heavy atom. The van der Waals surface area contributed by atoms with Crippen molar-refractivity contribution in [2.45, 2.75) is 33.7 Å². The first kappa shape index (κ1) is 15.3. The number of amides is 2. The van der Waals surface area contributed by atoms with Gasteiger partial charge in [-0.15, -0.1) is 0 Å². The molecular formula is C14H22N4O3. The molecule has 116 valence electrons. The molecule has 2 N–H and O–H groups in total. The van der Waals surface area contributed by atoms with E-state index < -0.39 is 11.4 Å². The highest BCUT2D eigenvalue weighted by molar-refractivity contribution is 5.90. The van der Waals surface area contributed by atoms with Crippen LogP contribution in [0.25, 0.3) is 0 Å². The minimum absolute atomic E-state index is 0.230. The lowest BCUT2D eigenvalue weighted by Gasteiger charge is -2.20. The highest BCUT2D eigenvalue weighted by Gasteiger charge is 2.42. The summed E-state index contributed by atoms with van der Waals surface area (Å²) in [4.78, 5) is 24.9. The molecule has 0 aliphatic carbocycles. The first-order chi connectivity index (χ1) is 9.80. The molecule has 2 heterocycles. The zero-order chi connectivity index (χ0) is 15.6. The van der Waals surface area contributed by atoms with Crippen LogP contribution >= 0.6 is 0 Å².